The number of nitrogens with zero attached hydrogens (tertiary/aromatic N) is 1. The molecule has 122 valence electrons. The van der Waals surface area contributed by atoms with E-state index in [9.17, 15) is 9.50 Å². The molecule has 0 aliphatic heterocycles. The Morgan fingerprint density at radius 1 is 0.760 bits per heavy atom. The van der Waals surface area contributed by atoms with Crippen molar-refractivity contribution in [2.24, 2.45) is 0 Å². The minimum absolute atomic E-state index is 0.161. The van der Waals surface area contributed by atoms with Crippen LogP contribution in [0, 0.1) is 5.82 Å². The third-order valence-corrected chi connectivity index (χ3v) is 4.17. The fourth-order valence-electron chi connectivity index (χ4n) is 2.93. The van der Waals surface area contributed by atoms with Gasteiger partial charge in [0.1, 0.15) is 11.6 Å². The molecule has 4 heteroatoms. The van der Waals surface area contributed by atoms with Crippen molar-refractivity contribution in [1.29, 1.82) is 0 Å². The van der Waals surface area contributed by atoms with E-state index in [1.165, 1.54) is 6.07 Å². The molecule has 2 aromatic carbocycles. The fraction of sp³-hybridized carbons (Fsp3) is 0. The Bertz CT molecular complexity index is 1010. The van der Waals surface area contributed by atoms with Crippen LogP contribution in [0.15, 0.2) is 79.3 Å². The van der Waals surface area contributed by atoms with Gasteiger partial charge in [0.15, 0.2) is 0 Å². The lowest BCUT2D eigenvalue weighted by Gasteiger charge is -2.08. The van der Waals surface area contributed by atoms with E-state index in [-0.39, 0.29) is 11.6 Å². The summed E-state index contributed by atoms with van der Waals surface area (Å²) in [7, 11) is 0. The van der Waals surface area contributed by atoms with Gasteiger partial charge in [-0.25, -0.2) is 4.39 Å². The van der Waals surface area contributed by atoms with Crippen molar-refractivity contribution in [2.75, 3.05) is 0 Å². The maximum absolute atomic E-state index is 14.7. The molecule has 0 fully saturated rings. The second-order valence-corrected chi connectivity index (χ2v) is 5.74. The molecule has 2 heterocycles. The van der Waals surface area contributed by atoms with E-state index in [1.54, 1.807) is 42.7 Å². The average molecular weight is 330 g/mol. The van der Waals surface area contributed by atoms with E-state index in [0.717, 1.165) is 27.9 Å². The molecule has 0 bridgehead atoms. The first-order valence-corrected chi connectivity index (χ1v) is 7.89. The van der Waals surface area contributed by atoms with Gasteiger partial charge in [-0.05, 0) is 47.5 Å². The summed E-state index contributed by atoms with van der Waals surface area (Å²) >= 11 is 0. The highest BCUT2D eigenvalue weighted by Gasteiger charge is 2.12. The topological polar surface area (TPSA) is 48.9 Å². The van der Waals surface area contributed by atoms with Gasteiger partial charge in [-0.1, -0.05) is 24.3 Å². The summed E-state index contributed by atoms with van der Waals surface area (Å²) in [6.45, 7) is 0. The smallest absolute Gasteiger partial charge is 0.131 e. The number of benzene rings is 2. The van der Waals surface area contributed by atoms with Gasteiger partial charge in [0, 0.05) is 35.3 Å². The molecule has 3 nitrogen and oxygen atoms in total. The first-order valence-electron chi connectivity index (χ1n) is 7.89. The molecule has 0 aliphatic rings. The number of hydrogen-bond acceptors (Lipinski definition) is 2. The van der Waals surface area contributed by atoms with Gasteiger partial charge in [-0.2, -0.15) is 0 Å². The number of halogens is 1. The van der Waals surface area contributed by atoms with E-state index in [2.05, 4.69) is 9.97 Å². The van der Waals surface area contributed by atoms with E-state index in [1.807, 2.05) is 30.5 Å². The number of phenolic OH excluding ortho intramolecular Hbond substituents is 1. The molecule has 4 aromatic rings. The molecule has 0 amide bonds. The quantitative estimate of drug-likeness (QED) is 0.538. The van der Waals surface area contributed by atoms with Gasteiger partial charge in [0.05, 0.1) is 5.69 Å². The summed E-state index contributed by atoms with van der Waals surface area (Å²) in [4.78, 5) is 7.23. The summed E-state index contributed by atoms with van der Waals surface area (Å²) < 4.78 is 14.7. The molecule has 0 radical (unpaired) electrons. The van der Waals surface area contributed by atoms with Crippen molar-refractivity contribution in [2.45, 2.75) is 0 Å². The number of aromatic nitrogens is 2. The van der Waals surface area contributed by atoms with Crippen molar-refractivity contribution >= 4 is 0 Å². The molecule has 25 heavy (non-hydrogen) atoms. The normalized spacial score (nSPS) is 10.8. The summed E-state index contributed by atoms with van der Waals surface area (Å²) in [6.07, 6.45) is 5.32. The van der Waals surface area contributed by atoms with Gasteiger partial charge >= 0.3 is 0 Å². The predicted octanol–water partition coefficient (Wildman–Crippen LogP) is 5.26. The summed E-state index contributed by atoms with van der Waals surface area (Å²) in [6, 6.07) is 17.5. The predicted molar refractivity (Wildman–Crippen MR) is 96.5 cm³/mol. The number of pyridine rings is 1. The minimum Gasteiger partial charge on any atom is -0.508 e. The van der Waals surface area contributed by atoms with Crippen LogP contribution in [-0.4, -0.2) is 15.1 Å². The third-order valence-electron chi connectivity index (χ3n) is 4.17. The molecule has 0 aliphatic carbocycles. The van der Waals surface area contributed by atoms with Crippen LogP contribution in [0.1, 0.15) is 0 Å². The maximum Gasteiger partial charge on any atom is 0.131 e. The van der Waals surface area contributed by atoms with Crippen molar-refractivity contribution in [3.8, 4) is 39.3 Å². The van der Waals surface area contributed by atoms with Crippen LogP contribution in [0.2, 0.25) is 0 Å². The Hall–Kier alpha value is -3.40. The zero-order valence-corrected chi connectivity index (χ0v) is 13.3. The van der Waals surface area contributed by atoms with Gasteiger partial charge in [-0.3, -0.25) is 4.98 Å². The van der Waals surface area contributed by atoms with Crippen molar-refractivity contribution < 1.29 is 9.50 Å². The zero-order chi connectivity index (χ0) is 17.2. The van der Waals surface area contributed by atoms with Gasteiger partial charge in [0.25, 0.3) is 0 Å². The molecular weight excluding hydrogens is 315 g/mol. The number of phenols is 1. The number of rotatable bonds is 3. The van der Waals surface area contributed by atoms with Crippen molar-refractivity contribution in [1.82, 2.24) is 9.97 Å². The SMILES string of the molecule is Oc1ccc(-c2ccc(-c3[nH]ccc3-c3ccncc3)cc2F)cc1. The molecular formula is C21H15FN2O. The Balaban J connectivity index is 1.75. The van der Waals surface area contributed by atoms with E-state index < -0.39 is 0 Å². The lowest BCUT2D eigenvalue weighted by Crippen LogP contribution is -1.88. The van der Waals surface area contributed by atoms with E-state index in [0.29, 0.717) is 5.56 Å². The lowest BCUT2D eigenvalue weighted by atomic mass is 9.99. The maximum atomic E-state index is 14.7. The molecule has 0 spiro atoms. The number of aromatic hydroxyl groups is 1. The average Bonchev–Trinajstić information content (AvgIpc) is 3.13. The van der Waals surface area contributed by atoms with Gasteiger partial charge < -0.3 is 10.1 Å². The van der Waals surface area contributed by atoms with Crippen LogP contribution in [0.25, 0.3) is 33.5 Å². The summed E-state index contributed by atoms with van der Waals surface area (Å²) in [5.74, 6) is -0.146. The van der Waals surface area contributed by atoms with Gasteiger partial charge in [-0.15, -0.1) is 0 Å². The van der Waals surface area contributed by atoms with Crippen molar-refractivity contribution in [3.05, 3.63) is 85.1 Å². The summed E-state index contributed by atoms with van der Waals surface area (Å²) in [5, 5.41) is 9.38. The zero-order valence-electron chi connectivity index (χ0n) is 13.3. The highest BCUT2D eigenvalue weighted by molar-refractivity contribution is 5.82. The van der Waals surface area contributed by atoms with E-state index in [4.69, 9.17) is 0 Å². The van der Waals surface area contributed by atoms with Crippen LogP contribution >= 0.6 is 0 Å². The van der Waals surface area contributed by atoms with Crippen LogP contribution in [0.4, 0.5) is 4.39 Å². The standard InChI is InChI=1S/C21H15FN2O/c22-20-13-16(3-6-18(20)14-1-4-17(25)5-2-14)21-19(9-12-24-21)15-7-10-23-11-8-15/h1-13,24-25H. The van der Waals surface area contributed by atoms with Crippen LogP contribution in [-0.2, 0) is 0 Å². The molecule has 2 aromatic heterocycles. The van der Waals surface area contributed by atoms with E-state index >= 15 is 0 Å². The van der Waals surface area contributed by atoms with Crippen LogP contribution in [0.5, 0.6) is 5.75 Å². The minimum atomic E-state index is -0.307. The number of nitrogens with one attached hydrogen (secondary N) is 1. The third kappa shape index (κ3) is 2.90. The lowest BCUT2D eigenvalue weighted by molar-refractivity contribution is 0.475. The monoisotopic (exact) mass is 330 g/mol. The second-order valence-electron chi connectivity index (χ2n) is 5.74. The molecule has 0 unspecified atom stereocenters. The Morgan fingerprint density at radius 2 is 1.44 bits per heavy atom. The Labute approximate surface area is 144 Å². The number of hydrogen-bond donors (Lipinski definition) is 2. The van der Waals surface area contributed by atoms with Crippen LogP contribution in [0.3, 0.4) is 0 Å². The number of H-pyrrole nitrogens is 1. The fourth-order valence-corrected chi connectivity index (χ4v) is 2.93. The second kappa shape index (κ2) is 6.24. The Kier molecular flexibility index (Phi) is 3.78. The molecule has 0 saturated carbocycles. The number of aromatic amines is 1. The van der Waals surface area contributed by atoms with Crippen molar-refractivity contribution in [3.63, 3.8) is 0 Å². The highest BCUT2D eigenvalue weighted by Crippen LogP contribution is 2.33. The first-order chi connectivity index (χ1) is 12.2. The largest absolute Gasteiger partial charge is 0.508 e. The highest BCUT2D eigenvalue weighted by atomic mass is 19.1. The molecule has 0 saturated heterocycles. The molecule has 2 N–H and O–H groups in total. The Morgan fingerprint density at radius 3 is 2.16 bits per heavy atom. The first kappa shape index (κ1) is 15.1. The molecule has 0 atom stereocenters. The summed E-state index contributed by atoms with van der Waals surface area (Å²) in [5.41, 5.74) is 4.89. The molecule has 4 rings (SSSR count). The van der Waals surface area contributed by atoms with Gasteiger partial charge in [0.2, 0.25) is 0 Å². The van der Waals surface area contributed by atoms with Crippen LogP contribution < -0.4 is 0 Å².